The summed E-state index contributed by atoms with van der Waals surface area (Å²) in [6.45, 7) is 4.55. The van der Waals surface area contributed by atoms with Crippen LogP contribution in [0.4, 0.5) is 0 Å². The van der Waals surface area contributed by atoms with E-state index in [9.17, 15) is 14.4 Å². The molecule has 0 aromatic rings. The lowest BCUT2D eigenvalue weighted by Crippen LogP contribution is -2.45. The summed E-state index contributed by atoms with van der Waals surface area (Å²) in [5.74, 6) is -3.59. The van der Waals surface area contributed by atoms with Gasteiger partial charge < -0.3 is 20.8 Å². The maximum Gasteiger partial charge on any atom is 0.326 e. The van der Waals surface area contributed by atoms with Gasteiger partial charge >= 0.3 is 11.9 Å². The van der Waals surface area contributed by atoms with Crippen LogP contribution in [0.1, 0.15) is 20.8 Å². The topological polar surface area (TPSA) is 140 Å². The average molecular weight is 283 g/mol. The number of nitrogens with zero attached hydrogens (tertiary/aromatic N) is 1. The molecule has 8 nitrogen and oxygen atoms in total. The molecule has 0 radical (unpaired) electrons. The van der Waals surface area contributed by atoms with Crippen LogP contribution in [0.15, 0.2) is 11.8 Å². The second kappa shape index (κ2) is 7.78. The van der Waals surface area contributed by atoms with E-state index in [1.807, 2.05) is 0 Å². The number of carboxylic acids is 2. The van der Waals surface area contributed by atoms with Gasteiger partial charge in [0.1, 0.15) is 23.7 Å². The quantitative estimate of drug-likeness (QED) is 0.371. The van der Waals surface area contributed by atoms with Crippen LogP contribution in [0.5, 0.6) is 0 Å². The first-order chi connectivity index (χ1) is 9.20. The highest BCUT2D eigenvalue weighted by Crippen LogP contribution is 2.03. The van der Waals surface area contributed by atoms with Crippen molar-refractivity contribution in [1.82, 2.24) is 10.6 Å². The molecular formula is C12H17N3O5. The molecule has 4 N–H and O–H groups in total. The van der Waals surface area contributed by atoms with Gasteiger partial charge in [0.15, 0.2) is 0 Å². The van der Waals surface area contributed by atoms with Crippen LogP contribution >= 0.6 is 0 Å². The first kappa shape index (κ1) is 17.4. The lowest BCUT2D eigenvalue weighted by atomic mass is 10.0. The Bertz CT molecular complexity index is 464. The summed E-state index contributed by atoms with van der Waals surface area (Å²) in [7, 11) is 0. The fourth-order valence-corrected chi connectivity index (χ4v) is 1.16. The molecule has 1 amide bonds. The first-order valence-electron chi connectivity index (χ1n) is 5.83. The molecule has 0 heterocycles. The zero-order valence-corrected chi connectivity index (χ0v) is 11.4. The van der Waals surface area contributed by atoms with Gasteiger partial charge in [-0.3, -0.25) is 9.59 Å². The van der Waals surface area contributed by atoms with Crippen molar-refractivity contribution in [3.8, 4) is 6.07 Å². The average Bonchev–Trinajstić information content (AvgIpc) is 2.35. The van der Waals surface area contributed by atoms with Crippen LogP contribution in [0, 0.1) is 17.2 Å². The van der Waals surface area contributed by atoms with Gasteiger partial charge in [-0.1, -0.05) is 13.8 Å². The maximum atomic E-state index is 11.7. The lowest BCUT2D eigenvalue weighted by molar-refractivity contribution is -0.142. The predicted octanol–water partition coefficient (Wildman–Crippen LogP) is -0.318. The second-order valence-corrected chi connectivity index (χ2v) is 4.43. The minimum Gasteiger partial charge on any atom is -0.480 e. The summed E-state index contributed by atoms with van der Waals surface area (Å²) >= 11 is 0. The Balaban J connectivity index is 4.87. The van der Waals surface area contributed by atoms with Crippen molar-refractivity contribution >= 4 is 17.8 Å². The molecule has 0 spiro atoms. The Labute approximate surface area is 116 Å². The molecular weight excluding hydrogens is 266 g/mol. The summed E-state index contributed by atoms with van der Waals surface area (Å²) in [6.07, 6.45) is 0.952. The van der Waals surface area contributed by atoms with Crippen LogP contribution in [-0.2, 0) is 14.4 Å². The molecule has 0 aliphatic rings. The van der Waals surface area contributed by atoms with E-state index in [1.54, 1.807) is 19.9 Å². The van der Waals surface area contributed by atoms with Crippen molar-refractivity contribution in [3.05, 3.63) is 11.8 Å². The van der Waals surface area contributed by atoms with Crippen LogP contribution in [0.2, 0.25) is 0 Å². The van der Waals surface area contributed by atoms with Crippen molar-refractivity contribution in [2.75, 3.05) is 0 Å². The Morgan fingerprint density at radius 2 is 1.70 bits per heavy atom. The van der Waals surface area contributed by atoms with Crippen molar-refractivity contribution in [3.63, 3.8) is 0 Å². The normalized spacial score (nSPS) is 14.1. The minimum absolute atomic E-state index is 0.359. The zero-order valence-electron chi connectivity index (χ0n) is 11.4. The zero-order chi connectivity index (χ0) is 15.9. The number of hydrogen-bond acceptors (Lipinski definition) is 5. The van der Waals surface area contributed by atoms with Crippen LogP contribution in [0.3, 0.4) is 0 Å². The van der Waals surface area contributed by atoms with Gasteiger partial charge in [-0.15, -0.1) is 0 Å². The number of aliphatic carboxylic acids is 2. The molecule has 2 atom stereocenters. The molecule has 8 heteroatoms. The van der Waals surface area contributed by atoms with E-state index in [0.717, 1.165) is 6.20 Å². The van der Waals surface area contributed by atoms with E-state index in [-0.39, 0.29) is 5.92 Å². The number of carbonyl (C=O) groups is 3. The molecule has 0 saturated carbocycles. The fraction of sp³-hybridized carbons (Fsp3) is 0.500. The van der Waals surface area contributed by atoms with Crippen molar-refractivity contribution in [2.45, 2.75) is 32.9 Å². The van der Waals surface area contributed by atoms with Gasteiger partial charge in [-0.25, -0.2) is 4.79 Å². The highest BCUT2D eigenvalue weighted by atomic mass is 16.4. The van der Waals surface area contributed by atoms with Crippen LogP contribution in [0.25, 0.3) is 0 Å². The standard InChI is InChI=1S/C12H17N3O5/c1-6(2)9(12(19)20)15-10(16)8(4-13)5-14-7(3)11(17)18/h5-7,9,14H,1-3H3,(H,15,16)(H,17,18)(H,19,20)/b8-5-. The van der Waals surface area contributed by atoms with E-state index in [2.05, 4.69) is 10.6 Å². The Hall–Kier alpha value is -2.56. The minimum atomic E-state index is -1.21. The smallest absolute Gasteiger partial charge is 0.326 e. The third kappa shape index (κ3) is 5.39. The molecule has 0 aromatic heterocycles. The van der Waals surface area contributed by atoms with Gasteiger partial charge in [0.25, 0.3) is 5.91 Å². The third-order valence-corrected chi connectivity index (χ3v) is 2.43. The molecule has 0 aliphatic carbocycles. The van der Waals surface area contributed by atoms with E-state index in [1.165, 1.54) is 6.92 Å². The molecule has 20 heavy (non-hydrogen) atoms. The van der Waals surface area contributed by atoms with Gasteiger partial charge in [0, 0.05) is 6.20 Å². The van der Waals surface area contributed by atoms with Crippen molar-refractivity contribution in [2.24, 2.45) is 5.92 Å². The summed E-state index contributed by atoms with van der Waals surface area (Å²) in [4.78, 5) is 33.2. The van der Waals surface area contributed by atoms with Crippen LogP contribution < -0.4 is 10.6 Å². The van der Waals surface area contributed by atoms with E-state index < -0.39 is 35.5 Å². The maximum absolute atomic E-state index is 11.7. The number of amides is 1. The van der Waals surface area contributed by atoms with E-state index in [0.29, 0.717) is 0 Å². The summed E-state index contributed by atoms with van der Waals surface area (Å²) in [6, 6.07) is -0.529. The summed E-state index contributed by atoms with van der Waals surface area (Å²) in [5.41, 5.74) is -0.398. The largest absolute Gasteiger partial charge is 0.480 e. The van der Waals surface area contributed by atoms with E-state index >= 15 is 0 Å². The molecule has 0 aliphatic heterocycles. The molecule has 0 bridgehead atoms. The number of rotatable bonds is 7. The molecule has 0 aromatic carbocycles. The third-order valence-electron chi connectivity index (χ3n) is 2.43. The lowest BCUT2D eigenvalue weighted by Gasteiger charge is -2.17. The van der Waals surface area contributed by atoms with Gasteiger partial charge in [0.2, 0.25) is 0 Å². The molecule has 0 saturated heterocycles. The highest BCUT2D eigenvalue weighted by Gasteiger charge is 2.25. The summed E-state index contributed by atoms with van der Waals surface area (Å²) < 4.78 is 0. The second-order valence-electron chi connectivity index (χ2n) is 4.43. The fourth-order valence-electron chi connectivity index (χ4n) is 1.16. The molecule has 0 rings (SSSR count). The highest BCUT2D eigenvalue weighted by molar-refractivity contribution is 5.99. The van der Waals surface area contributed by atoms with E-state index in [4.69, 9.17) is 15.5 Å². The SMILES string of the molecule is CC(N/C=C(/C#N)C(=O)NC(C(=O)O)C(C)C)C(=O)O. The number of carbonyl (C=O) groups excluding carboxylic acids is 1. The molecule has 0 fully saturated rings. The number of carboxylic acid groups (broad SMARTS) is 2. The van der Waals surface area contributed by atoms with Crippen molar-refractivity contribution in [1.29, 1.82) is 5.26 Å². The Kier molecular flexibility index (Phi) is 6.79. The predicted molar refractivity (Wildman–Crippen MR) is 68.3 cm³/mol. The van der Waals surface area contributed by atoms with Gasteiger partial charge in [-0.2, -0.15) is 5.26 Å². The number of nitrogens with one attached hydrogen (secondary N) is 2. The van der Waals surface area contributed by atoms with Crippen molar-refractivity contribution < 1.29 is 24.6 Å². The molecule has 2 unspecified atom stereocenters. The Morgan fingerprint density at radius 1 is 1.15 bits per heavy atom. The van der Waals surface area contributed by atoms with Gasteiger partial charge in [0.05, 0.1) is 0 Å². The Morgan fingerprint density at radius 3 is 2.05 bits per heavy atom. The van der Waals surface area contributed by atoms with Crippen LogP contribution in [-0.4, -0.2) is 40.1 Å². The first-order valence-corrected chi connectivity index (χ1v) is 5.83. The monoisotopic (exact) mass is 283 g/mol. The molecule has 110 valence electrons. The summed E-state index contributed by atoms with van der Waals surface area (Å²) in [5, 5.41) is 31.0. The number of nitriles is 1. The van der Waals surface area contributed by atoms with Gasteiger partial charge in [-0.05, 0) is 12.8 Å². The number of hydrogen-bond donors (Lipinski definition) is 4.